The number of alkyl halides is 3. The number of carbonyl (C=O) groups excluding carboxylic acids is 3. The Morgan fingerprint density at radius 1 is 1.15 bits per heavy atom. The lowest BCUT2D eigenvalue weighted by Crippen LogP contribution is -2.44. The first-order valence-electron chi connectivity index (χ1n) is 12.2. The third kappa shape index (κ3) is 7.28. The summed E-state index contributed by atoms with van der Waals surface area (Å²) in [5.41, 5.74) is 0.674. The Bertz CT molecular complexity index is 1220. The summed E-state index contributed by atoms with van der Waals surface area (Å²) in [6.45, 7) is 7.59. The maximum atomic E-state index is 13.3. The number of likely N-dealkylation sites (N-methyl/N-ethyl adjacent to an activating group) is 1. The van der Waals surface area contributed by atoms with E-state index in [2.05, 4.69) is 15.6 Å². The number of anilines is 2. The second kappa shape index (κ2) is 11.5. The van der Waals surface area contributed by atoms with Gasteiger partial charge in [-0.1, -0.05) is 13.8 Å². The molecule has 9 nitrogen and oxygen atoms in total. The molecular weight excluding hydrogens is 533 g/mol. The summed E-state index contributed by atoms with van der Waals surface area (Å²) in [6.07, 6.45) is 2.00. The number of hydrogen-bond acceptors (Lipinski definition) is 7. The van der Waals surface area contributed by atoms with Crippen molar-refractivity contribution in [3.8, 4) is 0 Å². The van der Waals surface area contributed by atoms with Crippen molar-refractivity contribution in [3.63, 3.8) is 0 Å². The monoisotopic (exact) mass is 566 g/mol. The highest BCUT2D eigenvalue weighted by Crippen LogP contribution is 2.39. The fourth-order valence-corrected chi connectivity index (χ4v) is 4.66. The summed E-state index contributed by atoms with van der Waals surface area (Å²) >= 11 is -0.276. The van der Waals surface area contributed by atoms with Crippen molar-refractivity contribution in [2.24, 2.45) is 11.1 Å². The molecular formula is C26H33F3N6O3S. The van der Waals surface area contributed by atoms with Crippen molar-refractivity contribution < 1.29 is 27.6 Å². The SMILES string of the molecule is CNC(CC(C)(C)CN)C(=O)Nc1cc(CN2C(=O)N(c3ccc(SC(F)(F)F)cc3)C(=O)C2(C)C)ccn1. The van der Waals surface area contributed by atoms with Crippen LogP contribution in [0.4, 0.5) is 29.5 Å². The Kier molecular flexibility index (Phi) is 8.98. The van der Waals surface area contributed by atoms with Crippen LogP contribution in [-0.2, 0) is 16.1 Å². The van der Waals surface area contributed by atoms with E-state index in [1.165, 1.54) is 35.4 Å². The van der Waals surface area contributed by atoms with E-state index in [9.17, 15) is 27.6 Å². The molecule has 4 N–H and O–H groups in total. The first-order valence-corrected chi connectivity index (χ1v) is 13.0. The van der Waals surface area contributed by atoms with Crippen LogP contribution in [0.25, 0.3) is 0 Å². The van der Waals surface area contributed by atoms with E-state index in [0.29, 0.717) is 18.5 Å². The van der Waals surface area contributed by atoms with Crippen LogP contribution in [0.15, 0.2) is 47.5 Å². The normalized spacial score (nSPS) is 16.5. The third-order valence-electron chi connectivity index (χ3n) is 6.54. The van der Waals surface area contributed by atoms with Crippen LogP contribution in [-0.4, -0.2) is 58.4 Å². The van der Waals surface area contributed by atoms with Gasteiger partial charge < -0.3 is 21.3 Å². The third-order valence-corrected chi connectivity index (χ3v) is 7.28. The number of benzene rings is 1. The molecule has 2 heterocycles. The second-order valence-electron chi connectivity index (χ2n) is 10.6. The molecule has 1 fully saturated rings. The Hall–Kier alpha value is -3.16. The van der Waals surface area contributed by atoms with Gasteiger partial charge in [-0.05, 0) is 93.0 Å². The summed E-state index contributed by atoms with van der Waals surface area (Å²) < 4.78 is 38.0. The summed E-state index contributed by atoms with van der Waals surface area (Å²) in [6, 6.07) is 7.24. The minimum absolute atomic E-state index is 0.0388. The van der Waals surface area contributed by atoms with Crippen molar-refractivity contribution in [1.82, 2.24) is 15.2 Å². The van der Waals surface area contributed by atoms with Crippen LogP contribution < -0.4 is 21.3 Å². The van der Waals surface area contributed by atoms with Crippen molar-refractivity contribution >= 4 is 41.1 Å². The van der Waals surface area contributed by atoms with E-state index >= 15 is 0 Å². The number of urea groups is 1. The lowest BCUT2D eigenvalue weighted by molar-refractivity contribution is -0.123. The van der Waals surface area contributed by atoms with Crippen LogP contribution in [0.1, 0.15) is 39.7 Å². The molecule has 4 amide bonds. The summed E-state index contributed by atoms with van der Waals surface area (Å²) in [7, 11) is 1.69. The maximum absolute atomic E-state index is 13.3. The Morgan fingerprint density at radius 2 is 1.79 bits per heavy atom. The molecule has 0 aliphatic carbocycles. The largest absolute Gasteiger partial charge is 0.446 e. The van der Waals surface area contributed by atoms with Gasteiger partial charge in [-0.2, -0.15) is 13.2 Å². The number of hydrogen-bond donors (Lipinski definition) is 3. The molecule has 0 saturated carbocycles. The average molecular weight is 567 g/mol. The van der Waals surface area contributed by atoms with E-state index in [1.807, 2.05) is 13.8 Å². The summed E-state index contributed by atoms with van der Waals surface area (Å²) in [5, 5.41) is 5.78. The molecule has 1 atom stereocenters. The molecule has 1 aliphatic heterocycles. The minimum Gasteiger partial charge on any atom is -0.330 e. The predicted octanol–water partition coefficient (Wildman–Crippen LogP) is 4.34. The Morgan fingerprint density at radius 3 is 2.36 bits per heavy atom. The topological polar surface area (TPSA) is 121 Å². The van der Waals surface area contributed by atoms with E-state index in [0.717, 1.165) is 4.90 Å². The van der Waals surface area contributed by atoms with Gasteiger partial charge >= 0.3 is 11.5 Å². The van der Waals surface area contributed by atoms with Crippen LogP contribution in [0.3, 0.4) is 0 Å². The van der Waals surface area contributed by atoms with Crippen molar-refractivity contribution in [1.29, 1.82) is 0 Å². The highest BCUT2D eigenvalue weighted by molar-refractivity contribution is 8.00. The lowest BCUT2D eigenvalue weighted by atomic mass is 9.85. The number of aromatic nitrogens is 1. The van der Waals surface area contributed by atoms with Crippen molar-refractivity contribution in [2.45, 2.75) is 62.6 Å². The van der Waals surface area contributed by atoms with Gasteiger partial charge in [-0.25, -0.2) is 14.7 Å². The Labute approximate surface area is 229 Å². The molecule has 1 aliphatic rings. The van der Waals surface area contributed by atoms with Crippen molar-refractivity contribution in [2.75, 3.05) is 23.8 Å². The molecule has 0 radical (unpaired) electrons. The van der Waals surface area contributed by atoms with Gasteiger partial charge in [-0.15, -0.1) is 0 Å². The number of rotatable bonds is 10. The molecule has 212 valence electrons. The zero-order chi connectivity index (χ0) is 29.2. The van der Waals surface area contributed by atoms with Gasteiger partial charge in [0.25, 0.3) is 5.91 Å². The molecule has 1 aromatic heterocycles. The van der Waals surface area contributed by atoms with Gasteiger partial charge in [0.15, 0.2) is 0 Å². The number of thioether (sulfide) groups is 1. The zero-order valence-corrected chi connectivity index (χ0v) is 23.2. The average Bonchev–Trinajstić information content (AvgIpc) is 3.01. The van der Waals surface area contributed by atoms with E-state index in [1.54, 1.807) is 33.0 Å². The van der Waals surface area contributed by atoms with Crippen LogP contribution in [0.2, 0.25) is 0 Å². The molecule has 0 spiro atoms. The van der Waals surface area contributed by atoms with Gasteiger partial charge in [-0.3, -0.25) is 9.59 Å². The standard InChI is InChI=1S/C26H33F3N6O3S/c1-24(2,15-30)13-19(31-5)21(36)33-20-12-16(10-11-32-20)14-34-23(38)35(22(37)25(34,3)4)17-6-8-18(9-7-17)39-26(27,28)29/h6-12,19,31H,13-15,30H2,1-5H3,(H,32,33,36). The lowest BCUT2D eigenvalue weighted by Gasteiger charge is -2.28. The molecule has 2 aromatic rings. The first kappa shape index (κ1) is 30.4. The number of imide groups is 1. The van der Waals surface area contributed by atoms with Gasteiger partial charge in [0.2, 0.25) is 5.91 Å². The number of pyridine rings is 1. The van der Waals surface area contributed by atoms with Crippen LogP contribution in [0, 0.1) is 5.41 Å². The van der Waals surface area contributed by atoms with Gasteiger partial charge in [0, 0.05) is 17.6 Å². The fourth-order valence-electron chi connectivity index (χ4n) is 4.12. The highest BCUT2D eigenvalue weighted by Gasteiger charge is 2.51. The van der Waals surface area contributed by atoms with Crippen LogP contribution >= 0.6 is 11.8 Å². The fraction of sp³-hybridized carbons (Fsp3) is 0.462. The predicted molar refractivity (Wildman–Crippen MR) is 144 cm³/mol. The number of halogens is 3. The smallest absolute Gasteiger partial charge is 0.330 e. The number of nitrogens with zero attached hydrogens (tertiary/aromatic N) is 3. The number of nitrogens with two attached hydrogens (primary N) is 1. The molecule has 1 unspecified atom stereocenters. The molecule has 1 aromatic carbocycles. The number of amides is 4. The molecule has 39 heavy (non-hydrogen) atoms. The van der Waals surface area contributed by atoms with Crippen LogP contribution in [0.5, 0.6) is 0 Å². The van der Waals surface area contributed by atoms with Gasteiger partial charge in [0.05, 0.1) is 11.7 Å². The van der Waals surface area contributed by atoms with E-state index < -0.39 is 29.0 Å². The van der Waals surface area contributed by atoms with E-state index in [4.69, 9.17) is 5.73 Å². The minimum atomic E-state index is -4.45. The zero-order valence-electron chi connectivity index (χ0n) is 22.4. The molecule has 1 saturated heterocycles. The summed E-state index contributed by atoms with van der Waals surface area (Å²) in [4.78, 5) is 45.9. The quantitative estimate of drug-likeness (QED) is 0.289. The van der Waals surface area contributed by atoms with Gasteiger partial charge in [0.1, 0.15) is 11.4 Å². The summed E-state index contributed by atoms with van der Waals surface area (Å²) in [5.74, 6) is -0.505. The number of carbonyl (C=O) groups is 3. The molecule has 13 heteroatoms. The number of nitrogens with one attached hydrogen (secondary N) is 2. The maximum Gasteiger partial charge on any atom is 0.446 e. The highest BCUT2D eigenvalue weighted by atomic mass is 32.2. The molecule has 0 bridgehead atoms. The second-order valence-corrected chi connectivity index (χ2v) is 11.7. The Balaban J connectivity index is 1.76. The first-order chi connectivity index (χ1) is 18.1. The molecule has 3 rings (SSSR count). The van der Waals surface area contributed by atoms with E-state index in [-0.39, 0.29) is 46.0 Å². The van der Waals surface area contributed by atoms with Crippen molar-refractivity contribution in [3.05, 3.63) is 48.2 Å².